The Morgan fingerprint density at radius 3 is 2.00 bits per heavy atom. The number of rotatable bonds is 6. The summed E-state index contributed by atoms with van der Waals surface area (Å²) in [6.45, 7) is -0.866. The average Bonchev–Trinajstić information content (AvgIpc) is 2.24. The van der Waals surface area contributed by atoms with Gasteiger partial charge in [-0.25, -0.2) is 0 Å². The lowest BCUT2D eigenvalue weighted by Gasteiger charge is -2.31. The molecule has 0 aliphatic carbocycles. The zero-order valence-electron chi connectivity index (χ0n) is 7.76. The Kier molecular flexibility index (Phi) is 5.24. The van der Waals surface area contributed by atoms with Gasteiger partial charge in [0.05, 0.1) is 6.61 Å². The first kappa shape index (κ1) is 14.4. The van der Waals surface area contributed by atoms with E-state index in [1.807, 2.05) is 0 Å². The van der Waals surface area contributed by atoms with E-state index in [-0.39, 0.29) is 6.29 Å². The first-order valence-electron chi connectivity index (χ1n) is 4.08. The van der Waals surface area contributed by atoms with Crippen molar-refractivity contribution in [2.45, 2.75) is 30.1 Å². The molecule has 0 spiro atoms. The molecule has 15 heavy (non-hydrogen) atoms. The fourth-order valence-corrected chi connectivity index (χ4v) is 0.866. The number of aliphatic hydroxyl groups is 6. The highest BCUT2D eigenvalue weighted by Gasteiger charge is 2.41. The van der Waals surface area contributed by atoms with E-state index in [1.54, 1.807) is 0 Å². The number of nitrogens with two attached hydrogens (primary N) is 1. The molecule has 0 aliphatic rings. The summed E-state index contributed by atoms with van der Waals surface area (Å²) in [7, 11) is 0. The van der Waals surface area contributed by atoms with Crippen molar-refractivity contribution in [1.82, 2.24) is 0 Å². The van der Waals surface area contributed by atoms with Gasteiger partial charge in [0.25, 0.3) is 0 Å². The van der Waals surface area contributed by atoms with Crippen molar-refractivity contribution in [3.63, 3.8) is 0 Å². The number of carbonyl (C=O) groups excluding carboxylic acids is 1. The van der Waals surface area contributed by atoms with E-state index in [1.165, 1.54) is 0 Å². The minimum atomic E-state index is -2.74. The van der Waals surface area contributed by atoms with Crippen LogP contribution >= 0.6 is 0 Å². The predicted molar refractivity (Wildman–Crippen MR) is 46.3 cm³/mol. The third-order valence-corrected chi connectivity index (χ3v) is 1.92. The molecule has 5 atom stereocenters. The summed E-state index contributed by atoms with van der Waals surface area (Å²) in [6, 6.07) is 0. The Morgan fingerprint density at radius 2 is 1.67 bits per heavy atom. The Hall–Kier alpha value is -0.610. The Bertz CT molecular complexity index is 210. The first-order chi connectivity index (χ1) is 6.77. The second-order valence-corrected chi connectivity index (χ2v) is 3.18. The molecule has 0 rings (SSSR count). The Labute approximate surface area is 85.2 Å². The van der Waals surface area contributed by atoms with Crippen LogP contribution in [0.25, 0.3) is 0 Å². The van der Waals surface area contributed by atoms with Gasteiger partial charge in [-0.3, -0.25) is 10.5 Å². The van der Waals surface area contributed by atoms with E-state index in [4.69, 9.17) is 31.3 Å². The van der Waals surface area contributed by atoms with Crippen molar-refractivity contribution in [3.05, 3.63) is 0 Å². The molecule has 0 amide bonds. The Morgan fingerprint density at radius 1 is 1.20 bits per heavy atom. The monoisotopic (exact) mass is 225 g/mol. The summed E-state index contributed by atoms with van der Waals surface area (Å²) in [6.07, 6.45) is -8.16. The van der Waals surface area contributed by atoms with E-state index < -0.39 is 36.7 Å². The van der Waals surface area contributed by atoms with E-state index >= 15 is 0 Å². The van der Waals surface area contributed by atoms with Crippen LogP contribution in [0.5, 0.6) is 0 Å². The normalized spacial score (nSPS) is 23.7. The van der Waals surface area contributed by atoms with Crippen molar-refractivity contribution < 1.29 is 35.4 Å². The summed E-state index contributed by atoms with van der Waals surface area (Å²) in [4.78, 5) is 10.2. The summed E-state index contributed by atoms with van der Waals surface area (Å²) in [5, 5.41) is 53.8. The summed E-state index contributed by atoms with van der Waals surface area (Å²) in [5.41, 5.74) is 2.12. The van der Waals surface area contributed by atoms with Gasteiger partial charge in [0.15, 0.2) is 12.0 Å². The lowest BCUT2D eigenvalue weighted by molar-refractivity contribution is -0.172. The number of hydrogen-bond acceptors (Lipinski definition) is 8. The van der Waals surface area contributed by atoms with Crippen LogP contribution in [0.4, 0.5) is 0 Å². The lowest BCUT2D eigenvalue weighted by atomic mass is 9.96. The topological polar surface area (TPSA) is 164 Å². The third kappa shape index (κ3) is 3.47. The van der Waals surface area contributed by atoms with Crippen molar-refractivity contribution in [2.24, 2.45) is 5.73 Å². The lowest BCUT2D eigenvalue weighted by Crippen LogP contribution is -2.61. The second kappa shape index (κ2) is 5.47. The smallest absolute Gasteiger partial charge is 0.199 e. The number of carbonyl (C=O) groups is 1. The van der Waals surface area contributed by atoms with Crippen LogP contribution in [0.15, 0.2) is 0 Å². The molecule has 0 radical (unpaired) electrons. The molecule has 8 nitrogen and oxygen atoms in total. The van der Waals surface area contributed by atoms with Gasteiger partial charge in [-0.2, -0.15) is 0 Å². The minimum Gasteiger partial charge on any atom is -0.394 e. The molecule has 0 saturated carbocycles. The van der Waals surface area contributed by atoms with Crippen molar-refractivity contribution >= 4 is 6.29 Å². The van der Waals surface area contributed by atoms with Crippen LogP contribution in [0.1, 0.15) is 0 Å². The highest BCUT2D eigenvalue weighted by molar-refractivity contribution is 5.62. The summed E-state index contributed by atoms with van der Waals surface area (Å²) >= 11 is 0. The molecule has 0 aromatic rings. The largest absolute Gasteiger partial charge is 0.394 e. The van der Waals surface area contributed by atoms with Crippen LogP contribution in [0, 0.1) is 0 Å². The SMILES string of the molecule is NC(O)(C=O)[C@H](O)[C@@H](O)[C@H](O)[C@H](O)CO. The van der Waals surface area contributed by atoms with Gasteiger partial charge in [-0.15, -0.1) is 0 Å². The standard InChI is InChI=1S/C7H15NO7/c8-7(15,2-10)6(14)5(13)4(12)3(11)1-9/h2-6,9,11-15H,1,8H2/t3-,4-,5+,6-,7?/m1/s1. The number of hydrogen-bond donors (Lipinski definition) is 7. The predicted octanol–water partition coefficient (Wildman–Crippen LogP) is -4.73. The van der Waals surface area contributed by atoms with Crippen LogP contribution in [0.2, 0.25) is 0 Å². The van der Waals surface area contributed by atoms with Gasteiger partial charge in [0, 0.05) is 0 Å². The van der Waals surface area contributed by atoms with Crippen LogP contribution in [0.3, 0.4) is 0 Å². The summed E-state index contributed by atoms with van der Waals surface area (Å²) < 4.78 is 0. The van der Waals surface area contributed by atoms with E-state index in [0.29, 0.717) is 0 Å². The van der Waals surface area contributed by atoms with E-state index in [9.17, 15) is 9.90 Å². The van der Waals surface area contributed by atoms with E-state index in [0.717, 1.165) is 0 Å². The van der Waals surface area contributed by atoms with Gasteiger partial charge in [-0.1, -0.05) is 0 Å². The van der Waals surface area contributed by atoms with Gasteiger partial charge in [-0.05, 0) is 0 Å². The molecule has 0 heterocycles. The van der Waals surface area contributed by atoms with Gasteiger partial charge < -0.3 is 30.6 Å². The third-order valence-electron chi connectivity index (χ3n) is 1.92. The summed E-state index contributed by atoms with van der Waals surface area (Å²) in [5.74, 6) is 0. The molecule has 0 aliphatic heterocycles. The fourth-order valence-electron chi connectivity index (χ4n) is 0.866. The Balaban J connectivity index is 4.56. The molecule has 0 saturated heterocycles. The van der Waals surface area contributed by atoms with Crippen molar-refractivity contribution in [3.8, 4) is 0 Å². The highest BCUT2D eigenvalue weighted by Crippen LogP contribution is 2.11. The highest BCUT2D eigenvalue weighted by atomic mass is 16.4. The molecule has 1 unspecified atom stereocenters. The number of aldehydes is 1. The van der Waals surface area contributed by atoms with Crippen molar-refractivity contribution in [2.75, 3.05) is 6.61 Å². The van der Waals surface area contributed by atoms with Crippen LogP contribution in [-0.4, -0.2) is 73.7 Å². The molecule has 90 valence electrons. The molecular formula is C7H15NO7. The maximum Gasteiger partial charge on any atom is 0.199 e. The first-order valence-corrected chi connectivity index (χ1v) is 4.08. The minimum absolute atomic E-state index is 0.223. The van der Waals surface area contributed by atoms with Gasteiger partial charge in [0.1, 0.15) is 24.4 Å². The maximum atomic E-state index is 10.2. The van der Waals surface area contributed by atoms with Crippen LogP contribution < -0.4 is 5.73 Å². The molecule has 8 N–H and O–H groups in total. The quantitative estimate of drug-likeness (QED) is 0.175. The molecule has 0 aromatic heterocycles. The van der Waals surface area contributed by atoms with E-state index in [2.05, 4.69) is 0 Å². The molecular weight excluding hydrogens is 210 g/mol. The fraction of sp³-hybridized carbons (Fsp3) is 0.857. The average molecular weight is 225 g/mol. The second-order valence-electron chi connectivity index (χ2n) is 3.18. The molecule has 0 fully saturated rings. The number of aliphatic hydroxyl groups excluding tert-OH is 5. The zero-order valence-corrected chi connectivity index (χ0v) is 7.76. The van der Waals surface area contributed by atoms with Gasteiger partial charge >= 0.3 is 0 Å². The van der Waals surface area contributed by atoms with Crippen LogP contribution in [-0.2, 0) is 4.79 Å². The maximum absolute atomic E-state index is 10.2. The molecule has 0 bridgehead atoms. The molecule has 0 aromatic carbocycles. The van der Waals surface area contributed by atoms with Gasteiger partial charge in [0.2, 0.25) is 0 Å². The zero-order chi connectivity index (χ0) is 12.2. The molecule has 8 heteroatoms. The van der Waals surface area contributed by atoms with Crippen molar-refractivity contribution in [1.29, 1.82) is 0 Å².